The molecule has 0 spiro atoms. The van der Waals surface area contributed by atoms with Crippen LogP contribution in [0.3, 0.4) is 0 Å². The zero-order valence-corrected chi connectivity index (χ0v) is 14.3. The van der Waals surface area contributed by atoms with Gasteiger partial charge in [-0.05, 0) is 29.3 Å². The van der Waals surface area contributed by atoms with Crippen LogP contribution in [0.2, 0.25) is 0 Å². The van der Waals surface area contributed by atoms with Gasteiger partial charge in [0.2, 0.25) is 10.0 Å². The topological polar surface area (TPSA) is 147 Å². The van der Waals surface area contributed by atoms with E-state index in [1.807, 2.05) is 24.3 Å². The molecule has 0 radical (unpaired) electrons. The van der Waals surface area contributed by atoms with Crippen molar-refractivity contribution in [2.75, 3.05) is 5.73 Å². The molecular weight excluding hydrogens is 354 g/mol. The minimum atomic E-state index is -3.92. The Morgan fingerprint density at radius 2 is 1.81 bits per heavy atom. The van der Waals surface area contributed by atoms with E-state index in [2.05, 4.69) is 26.9 Å². The number of benzene rings is 2. The molecule has 0 saturated carbocycles. The smallest absolute Gasteiger partial charge is 0.238 e. The quantitative estimate of drug-likeness (QED) is 0.384. The van der Waals surface area contributed by atoms with Gasteiger partial charge in [-0.25, -0.2) is 24.4 Å². The number of nitrogens with one attached hydrogen (secondary N) is 4. The number of rotatable bonds is 3. The minimum absolute atomic E-state index is 0.0335. The highest BCUT2D eigenvalue weighted by atomic mass is 32.2. The molecule has 8 N–H and O–H groups in total. The van der Waals surface area contributed by atoms with Gasteiger partial charge in [0.05, 0.1) is 10.4 Å². The fourth-order valence-electron chi connectivity index (χ4n) is 3.08. The lowest BCUT2D eigenvalue weighted by Gasteiger charge is -2.19. The van der Waals surface area contributed by atoms with E-state index in [-0.39, 0.29) is 4.90 Å². The second-order valence-electron chi connectivity index (χ2n) is 5.87. The number of pyridine rings is 1. The Bertz CT molecular complexity index is 1090. The van der Waals surface area contributed by atoms with E-state index < -0.39 is 16.2 Å². The highest BCUT2D eigenvalue weighted by molar-refractivity contribution is 7.89. The number of nitrogens with two attached hydrogens (primary N) is 2. The van der Waals surface area contributed by atoms with Crippen LogP contribution in [0, 0.1) is 0 Å². The second kappa shape index (κ2) is 6.29. The average molecular weight is 371 g/mol. The van der Waals surface area contributed by atoms with Crippen molar-refractivity contribution in [3.63, 3.8) is 0 Å². The summed E-state index contributed by atoms with van der Waals surface area (Å²) in [6.07, 6.45) is 1.13. The van der Waals surface area contributed by atoms with Crippen LogP contribution >= 0.6 is 0 Å². The highest BCUT2D eigenvalue weighted by Crippen LogP contribution is 2.34. The number of sulfonamides is 1. The summed E-state index contributed by atoms with van der Waals surface area (Å²) < 4.78 is 24.2. The Hall–Kier alpha value is -2.60. The van der Waals surface area contributed by atoms with Crippen molar-refractivity contribution >= 4 is 26.6 Å². The third-order valence-electron chi connectivity index (χ3n) is 4.24. The van der Waals surface area contributed by atoms with Crippen LogP contribution in [0.15, 0.2) is 53.6 Å². The van der Waals surface area contributed by atoms with Gasteiger partial charge in [0.1, 0.15) is 6.17 Å². The molecule has 1 aliphatic heterocycles. The first-order valence-electron chi connectivity index (χ1n) is 7.76. The van der Waals surface area contributed by atoms with Crippen LogP contribution in [0.1, 0.15) is 11.7 Å². The molecule has 4 rings (SSSR count). The molecule has 134 valence electrons. The van der Waals surface area contributed by atoms with Gasteiger partial charge in [-0.3, -0.25) is 4.98 Å². The first kappa shape index (κ1) is 16.8. The molecule has 10 heteroatoms. The van der Waals surface area contributed by atoms with Crippen LogP contribution < -0.4 is 32.8 Å². The number of nitrogen functional groups attached to an aromatic ring is 1. The van der Waals surface area contributed by atoms with Gasteiger partial charge < -0.3 is 5.73 Å². The Kier molecular flexibility index (Phi) is 4.07. The molecule has 26 heavy (non-hydrogen) atoms. The summed E-state index contributed by atoms with van der Waals surface area (Å²) in [6, 6.07) is 12.3. The Morgan fingerprint density at radius 1 is 1.04 bits per heavy atom. The van der Waals surface area contributed by atoms with Gasteiger partial charge in [-0.2, -0.15) is 11.1 Å². The van der Waals surface area contributed by atoms with Crippen molar-refractivity contribution in [3.05, 3.63) is 54.2 Å². The van der Waals surface area contributed by atoms with Gasteiger partial charge in [-0.1, -0.05) is 24.3 Å². The summed E-state index contributed by atoms with van der Waals surface area (Å²) in [6.45, 7) is 0. The van der Waals surface area contributed by atoms with E-state index in [0.717, 1.165) is 16.5 Å². The average Bonchev–Trinajstić information content (AvgIpc) is 3.14. The highest BCUT2D eigenvalue weighted by Gasteiger charge is 2.27. The van der Waals surface area contributed by atoms with Crippen molar-refractivity contribution in [2.24, 2.45) is 5.14 Å². The predicted octanol–water partition coefficient (Wildman–Crippen LogP) is 0.247. The lowest BCUT2D eigenvalue weighted by atomic mass is 9.96. The minimum Gasteiger partial charge on any atom is -0.398 e. The lowest BCUT2D eigenvalue weighted by molar-refractivity contribution is 0.540. The second-order valence-corrected chi connectivity index (χ2v) is 7.40. The van der Waals surface area contributed by atoms with E-state index in [9.17, 15) is 8.42 Å². The predicted molar refractivity (Wildman–Crippen MR) is 98.2 cm³/mol. The molecule has 1 fully saturated rings. The van der Waals surface area contributed by atoms with Crippen LogP contribution in [0.4, 0.5) is 5.69 Å². The van der Waals surface area contributed by atoms with Crippen molar-refractivity contribution in [1.82, 2.24) is 26.9 Å². The molecule has 0 atom stereocenters. The van der Waals surface area contributed by atoms with Crippen molar-refractivity contribution in [3.8, 4) is 11.1 Å². The maximum atomic E-state index is 12.1. The SMILES string of the molecule is Nc1ccnc2cc(-c3cccc(S(N)(=O)=O)c3C3NNNN3)ccc12. The summed E-state index contributed by atoms with van der Waals surface area (Å²) in [5.74, 6) is 0. The molecule has 3 aromatic rings. The van der Waals surface area contributed by atoms with Crippen LogP contribution in [0.25, 0.3) is 22.0 Å². The molecular formula is C16H17N7O2S. The van der Waals surface area contributed by atoms with E-state index in [1.54, 1.807) is 18.3 Å². The standard InChI is InChI=1S/C16H17N7O2S/c17-12-6-7-19-13-8-9(4-5-11(12)13)10-2-1-3-14(26(18,24)25)15(10)16-20-22-23-21-16/h1-8,16,20-23H,(H2,17,19)(H2,18,24,25). The fourth-order valence-corrected chi connectivity index (χ4v) is 3.88. The van der Waals surface area contributed by atoms with Gasteiger partial charge in [0.25, 0.3) is 0 Å². The summed E-state index contributed by atoms with van der Waals surface area (Å²) in [5.41, 5.74) is 20.5. The molecule has 2 heterocycles. The third kappa shape index (κ3) is 2.90. The number of aromatic nitrogens is 1. The molecule has 1 saturated heterocycles. The third-order valence-corrected chi connectivity index (χ3v) is 5.21. The monoisotopic (exact) mass is 371 g/mol. The lowest BCUT2D eigenvalue weighted by Crippen LogP contribution is -2.33. The molecule has 1 aliphatic rings. The fraction of sp³-hybridized carbons (Fsp3) is 0.0625. The van der Waals surface area contributed by atoms with E-state index in [4.69, 9.17) is 10.9 Å². The Labute approximate surface area is 149 Å². The number of fused-ring (bicyclic) bond motifs is 1. The maximum absolute atomic E-state index is 12.1. The Balaban J connectivity index is 1.96. The first-order chi connectivity index (χ1) is 12.4. The largest absolute Gasteiger partial charge is 0.398 e. The van der Waals surface area contributed by atoms with Gasteiger partial charge >= 0.3 is 0 Å². The van der Waals surface area contributed by atoms with Gasteiger partial charge in [0.15, 0.2) is 0 Å². The maximum Gasteiger partial charge on any atom is 0.238 e. The Morgan fingerprint density at radius 3 is 2.54 bits per heavy atom. The van der Waals surface area contributed by atoms with Crippen molar-refractivity contribution in [1.29, 1.82) is 0 Å². The number of nitrogens with zero attached hydrogens (tertiary/aromatic N) is 1. The molecule has 0 aliphatic carbocycles. The van der Waals surface area contributed by atoms with Crippen LogP contribution in [-0.2, 0) is 10.0 Å². The molecule has 0 unspecified atom stereocenters. The zero-order chi connectivity index (χ0) is 18.3. The summed E-state index contributed by atoms with van der Waals surface area (Å²) >= 11 is 0. The number of anilines is 1. The zero-order valence-electron chi connectivity index (χ0n) is 13.5. The number of hydrogen-bond acceptors (Lipinski definition) is 8. The summed E-state index contributed by atoms with van der Waals surface area (Å²) in [5, 5.41) is 6.26. The molecule has 0 amide bonds. The number of primary sulfonamides is 1. The van der Waals surface area contributed by atoms with Crippen LogP contribution in [-0.4, -0.2) is 13.4 Å². The van der Waals surface area contributed by atoms with E-state index in [1.165, 1.54) is 6.07 Å². The van der Waals surface area contributed by atoms with Crippen molar-refractivity contribution in [2.45, 2.75) is 11.1 Å². The molecule has 9 nitrogen and oxygen atoms in total. The van der Waals surface area contributed by atoms with Gasteiger partial charge in [0, 0.05) is 22.8 Å². The molecule has 1 aromatic heterocycles. The molecule has 0 bridgehead atoms. The van der Waals surface area contributed by atoms with Gasteiger partial charge in [-0.15, -0.1) is 0 Å². The molecule has 2 aromatic carbocycles. The van der Waals surface area contributed by atoms with Crippen molar-refractivity contribution < 1.29 is 8.42 Å². The first-order valence-corrected chi connectivity index (χ1v) is 9.31. The number of hydrazine groups is 3. The summed E-state index contributed by atoms with van der Waals surface area (Å²) in [4.78, 5) is 4.38. The van der Waals surface area contributed by atoms with E-state index >= 15 is 0 Å². The summed E-state index contributed by atoms with van der Waals surface area (Å²) in [7, 11) is -3.92. The number of hydrogen-bond donors (Lipinski definition) is 6. The normalized spacial score (nSPS) is 15.6. The van der Waals surface area contributed by atoms with E-state index in [0.29, 0.717) is 16.8 Å². The van der Waals surface area contributed by atoms with Crippen LogP contribution in [0.5, 0.6) is 0 Å².